The number of benzene rings is 1. The number of carbonyl (C=O) groups excluding carboxylic acids is 1. The number of carbonyl (C=O) groups is 1. The summed E-state index contributed by atoms with van der Waals surface area (Å²) in [7, 11) is 0.712. The standard InChI is InChI=1S/C22H32BrO3Si/c1-21(2,3)18-14(12-15-16(24)10-9-11-22(15,4)5)13-17(25-6)19(23)20(18)26-27(7)8/h9-10,13,15H,11-12H2,1-8H3. The molecule has 1 unspecified atom stereocenters. The van der Waals surface area contributed by atoms with Gasteiger partial charge in [0.05, 0.1) is 7.11 Å². The molecule has 5 heteroatoms. The molecule has 1 atom stereocenters. The van der Waals surface area contributed by atoms with Crippen LogP contribution in [0.3, 0.4) is 0 Å². The zero-order valence-corrected chi connectivity index (χ0v) is 20.4. The Labute approximate surface area is 174 Å². The van der Waals surface area contributed by atoms with Gasteiger partial charge in [-0.3, -0.25) is 4.79 Å². The van der Waals surface area contributed by atoms with Crippen LogP contribution >= 0.6 is 15.9 Å². The number of hydrogen-bond acceptors (Lipinski definition) is 3. The Hall–Kier alpha value is -1.07. The van der Waals surface area contributed by atoms with Gasteiger partial charge in [0.1, 0.15) is 16.0 Å². The second-order valence-electron chi connectivity index (χ2n) is 9.27. The van der Waals surface area contributed by atoms with Crippen molar-refractivity contribution >= 4 is 30.8 Å². The lowest BCUT2D eigenvalue weighted by molar-refractivity contribution is -0.122. The molecule has 1 aliphatic carbocycles. The average Bonchev–Trinajstić information content (AvgIpc) is 2.51. The lowest BCUT2D eigenvalue weighted by Crippen LogP contribution is -2.35. The van der Waals surface area contributed by atoms with Gasteiger partial charge in [-0.1, -0.05) is 40.7 Å². The van der Waals surface area contributed by atoms with Gasteiger partial charge in [0, 0.05) is 11.5 Å². The summed E-state index contributed by atoms with van der Waals surface area (Å²) >= 11 is 3.70. The minimum Gasteiger partial charge on any atom is -0.542 e. The summed E-state index contributed by atoms with van der Waals surface area (Å²) in [6.45, 7) is 15.2. The summed E-state index contributed by atoms with van der Waals surface area (Å²) < 4.78 is 12.8. The molecule has 27 heavy (non-hydrogen) atoms. The molecule has 3 nitrogen and oxygen atoms in total. The lowest BCUT2D eigenvalue weighted by atomic mass is 9.67. The predicted octanol–water partition coefficient (Wildman–Crippen LogP) is 6.10. The highest BCUT2D eigenvalue weighted by Crippen LogP contribution is 2.47. The minimum atomic E-state index is -0.961. The topological polar surface area (TPSA) is 35.5 Å². The van der Waals surface area contributed by atoms with Crippen LogP contribution in [0.5, 0.6) is 11.5 Å². The number of ketones is 1. The van der Waals surface area contributed by atoms with E-state index in [2.05, 4.69) is 69.7 Å². The molecule has 0 heterocycles. The van der Waals surface area contributed by atoms with E-state index in [-0.39, 0.29) is 22.5 Å². The van der Waals surface area contributed by atoms with Gasteiger partial charge in [0.25, 0.3) is 9.04 Å². The summed E-state index contributed by atoms with van der Waals surface area (Å²) in [5.74, 6) is 1.79. The van der Waals surface area contributed by atoms with Crippen LogP contribution < -0.4 is 9.16 Å². The molecule has 0 saturated heterocycles. The second-order valence-corrected chi connectivity index (χ2v) is 12.1. The first-order valence-corrected chi connectivity index (χ1v) is 12.7. The van der Waals surface area contributed by atoms with Crippen LogP contribution in [-0.4, -0.2) is 21.9 Å². The predicted molar refractivity (Wildman–Crippen MR) is 117 cm³/mol. The fourth-order valence-electron chi connectivity index (χ4n) is 3.81. The van der Waals surface area contributed by atoms with E-state index >= 15 is 0 Å². The van der Waals surface area contributed by atoms with Gasteiger partial charge in [0.2, 0.25) is 0 Å². The highest BCUT2D eigenvalue weighted by atomic mass is 79.9. The third kappa shape index (κ3) is 4.86. The maximum Gasteiger partial charge on any atom is 0.274 e. The first kappa shape index (κ1) is 22.2. The second kappa shape index (κ2) is 8.12. The molecule has 1 aliphatic rings. The normalized spacial score (nSPS) is 19.5. The summed E-state index contributed by atoms with van der Waals surface area (Å²) in [4.78, 5) is 12.7. The van der Waals surface area contributed by atoms with Gasteiger partial charge < -0.3 is 9.16 Å². The van der Waals surface area contributed by atoms with Gasteiger partial charge in [-0.05, 0) is 70.4 Å². The van der Waals surface area contributed by atoms with Crippen LogP contribution in [0.25, 0.3) is 0 Å². The molecule has 0 saturated carbocycles. The molecule has 0 bridgehead atoms. The zero-order valence-electron chi connectivity index (χ0n) is 17.8. The molecule has 149 valence electrons. The SMILES string of the molecule is COc1cc(CC2C(=O)C=CCC2(C)C)c(C(C)(C)C)c(O[Si](C)C)c1Br. The Morgan fingerprint density at radius 2 is 1.93 bits per heavy atom. The molecule has 2 rings (SSSR count). The Balaban J connectivity index is 2.67. The summed E-state index contributed by atoms with van der Waals surface area (Å²) in [6, 6.07) is 2.08. The Bertz CT molecular complexity index is 745. The Morgan fingerprint density at radius 1 is 1.30 bits per heavy atom. The van der Waals surface area contributed by atoms with Gasteiger partial charge in [-0.25, -0.2) is 0 Å². The van der Waals surface area contributed by atoms with Crippen LogP contribution in [0.2, 0.25) is 13.1 Å². The van der Waals surface area contributed by atoms with Crippen molar-refractivity contribution in [3.63, 3.8) is 0 Å². The van der Waals surface area contributed by atoms with Crippen molar-refractivity contribution in [2.24, 2.45) is 11.3 Å². The molecule has 1 aromatic rings. The van der Waals surface area contributed by atoms with Gasteiger partial charge in [0.15, 0.2) is 5.78 Å². The maximum atomic E-state index is 12.7. The van der Waals surface area contributed by atoms with E-state index < -0.39 is 9.04 Å². The summed E-state index contributed by atoms with van der Waals surface area (Å²) in [5, 5.41) is 0. The third-order valence-corrected chi connectivity index (χ3v) is 6.55. The number of allylic oxidation sites excluding steroid dienone is 2. The van der Waals surface area contributed by atoms with Crippen molar-refractivity contribution in [3.8, 4) is 11.5 Å². The molecule has 0 aliphatic heterocycles. The summed E-state index contributed by atoms with van der Waals surface area (Å²) in [6.07, 6.45) is 5.36. The fourth-order valence-corrected chi connectivity index (χ4v) is 5.13. The largest absolute Gasteiger partial charge is 0.542 e. The van der Waals surface area contributed by atoms with Crippen molar-refractivity contribution in [2.75, 3.05) is 7.11 Å². The van der Waals surface area contributed by atoms with Crippen molar-refractivity contribution in [2.45, 2.75) is 66.0 Å². The molecule has 0 aromatic heterocycles. The average molecular weight is 452 g/mol. The molecule has 0 N–H and O–H groups in total. The van der Waals surface area contributed by atoms with E-state index in [9.17, 15) is 4.79 Å². The number of rotatable bonds is 5. The van der Waals surface area contributed by atoms with E-state index in [1.54, 1.807) is 13.2 Å². The van der Waals surface area contributed by atoms with E-state index in [4.69, 9.17) is 9.16 Å². The van der Waals surface area contributed by atoms with E-state index in [1.807, 2.05) is 6.08 Å². The Morgan fingerprint density at radius 3 is 2.41 bits per heavy atom. The van der Waals surface area contributed by atoms with Crippen LogP contribution in [-0.2, 0) is 16.6 Å². The third-order valence-electron chi connectivity index (χ3n) is 5.18. The first-order chi connectivity index (χ1) is 12.4. The monoisotopic (exact) mass is 451 g/mol. The van der Waals surface area contributed by atoms with E-state index in [0.29, 0.717) is 6.42 Å². The quantitative estimate of drug-likeness (QED) is 0.507. The molecule has 1 radical (unpaired) electrons. The van der Waals surface area contributed by atoms with Crippen LogP contribution in [0, 0.1) is 11.3 Å². The van der Waals surface area contributed by atoms with E-state index in [0.717, 1.165) is 28.0 Å². The zero-order chi connectivity index (χ0) is 20.6. The van der Waals surface area contributed by atoms with Crippen LogP contribution in [0.4, 0.5) is 0 Å². The molecular formula is C22H32BrO3Si. The smallest absolute Gasteiger partial charge is 0.274 e. The lowest BCUT2D eigenvalue weighted by Gasteiger charge is -2.36. The molecule has 0 fully saturated rings. The Kier molecular flexibility index (Phi) is 6.68. The molecule has 1 aromatic carbocycles. The number of hydrogen-bond donors (Lipinski definition) is 0. The van der Waals surface area contributed by atoms with Gasteiger partial charge >= 0.3 is 0 Å². The highest BCUT2D eigenvalue weighted by molar-refractivity contribution is 9.10. The minimum absolute atomic E-state index is 0.0460. The fraction of sp³-hybridized carbons (Fsp3) is 0.591. The van der Waals surface area contributed by atoms with Crippen LogP contribution in [0.1, 0.15) is 52.2 Å². The van der Waals surface area contributed by atoms with Gasteiger partial charge in [-0.2, -0.15) is 0 Å². The van der Waals surface area contributed by atoms with E-state index in [1.165, 1.54) is 5.56 Å². The molecular weight excluding hydrogens is 420 g/mol. The van der Waals surface area contributed by atoms with Crippen molar-refractivity contribution in [3.05, 3.63) is 33.8 Å². The molecule has 0 spiro atoms. The summed E-state index contributed by atoms with van der Waals surface area (Å²) in [5.41, 5.74) is 2.13. The number of ether oxygens (including phenoxy) is 1. The van der Waals surface area contributed by atoms with Crippen molar-refractivity contribution in [1.82, 2.24) is 0 Å². The maximum absolute atomic E-state index is 12.7. The van der Waals surface area contributed by atoms with Crippen LogP contribution in [0.15, 0.2) is 22.7 Å². The van der Waals surface area contributed by atoms with Gasteiger partial charge in [-0.15, -0.1) is 0 Å². The highest BCUT2D eigenvalue weighted by Gasteiger charge is 2.38. The van der Waals surface area contributed by atoms with Crippen molar-refractivity contribution in [1.29, 1.82) is 0 Å². The first-order valence-electron chi connectivity index (χ1n) is 9.46. The van der Waals surface area contributed by atoms with Crippen molar-refractivity contribution < 1.29 is 14.0 Å². The number of halogens is 1. The number of methoxy groups -OCH3 is 1. The molecule has 0 amide bonds.